The third-order valence-electron chi connectivity index (χ3n) is 3.07. The number of aromatic carboxylic acids is 1. The maximum Gasteiger partial charge on any atom is 0.358 e. The predicted molar refractivity (Wildman–Crippen MR) is 73.9 cm³/mol. The summed E-state index contributed by atoms with van der Waals surface area (Å²) in [4.78, 5) is 24.5. The highest BCUT2D eigenvalue weighted by atomic mass is 79.9. The Morgan fingerprint density at radius 1 is 1.45 bits per heavy atom. The van der Waals surface area contributed by atoms with Gasteiger partial charge in [-0.25, -0.2) is 9.48 Å². The van der Waals surface area contributed by atoms with E-state index in [1.54, 1.807) is 16.3 Å². The van der Waals surface area contributed by atoms with E-state index in [1.165, 1.54) is 22.2 Å². The number of hydrogen-bond donors (Lipinski definition) is 1. The van der Waals surface area contributed by atoms with Gasteiger partial charge >= 0.3 is 5.97 Å². The van der Waals surface area contributed by atoms with Gasteiger partial charge in [-0.2, -0.15) is 0 Å². The number of carbonyl (C=O) groups is 2. The Bertz CT molecular complexity index is 677. The number of rotatable bonds is 3. The molecule has 3 rings (SSSR count). The van der Waals surface area contributed by atoms with E-state index < -0.39 is 5.97 Å². The van der Waals surface area contributed by atoms with Crippen LogP contribution in [-0.2, 0) is 0 Å². The number of aromatic nitrogens is 3. The molecule has 0 saturated carbocycles. The molecule has 1 aliphatic rings. The summed E-state index contributed by atoms with van der Waals surface area (Å²) in [7, 11) is 0. The Hall–Kier alpha value is -1.74. The third kappa shape index (κ3) is 2.34. The predicted octanol–water partition coefficient (Wildman–Crippen LogP) is 1.50. The van der Waals surface area contributed by atoms with Crippen LogP contribution in [0.25, 0.3) is 0 Å². The van der Waals surface area contributed by atoms with Gasteiger partial charge < -0.3 is 10.0 Å². The van der Waals surface area contributed by atoms with Gasteiger partial charge in [-0.05, 0) is 22.0 Å². The van der Waals surface area contributed by atoms with Gasteiger partial charge in [0.15, 0.2) is 5.69 Å². The molecule has 0 spiro atoms. The first-order chi connectivity index (χ1) is 9.54. The highest BCUT2D eigenvalue weighted by Gasteiger charge is 2.33. The molecule has 3 heterocycles. The zero-order valence-corrected chi connectivity index (χ0v) is 12.5. The minimum absolute atomic E-state index is 0.0124. The number of likely N-dealkylation sites (tertiary alicyclic amines) is 1. The van der Waals surface area contributed by atoms with Crippen molar-refractivity contribution < 1.29 is 14.7 Å². The molecule has 1 N–H and O–H groups in total. The maximum atomic E-state index is 12.1. The van der Waals surface area contributed by atoms with Crippen molar-refractivity contribution in [3.8, 4) is 0 Å². The molecule has 1 saturated heterocycles. The minimum atomic E-state index is -1.10. The van der Waals surface area contributed by atoms with Gasteiger partial charge in [-0.15, -0.1) is 16.4 Å². The second kappa shape index (κ2) is 4.98. The van der Waals surface area contributed by atoms with Gasteiger partial charge in [-0.1, -0.05) is 5.21 Å². The first kappa shape index (κ1) is 13.3. The van der Waals surface area contributed by atoms with Crippen LogP contribution >= 0.6 is 27.3 Å². The van der Waals surface area contributed by atoms with Gasteiger partial charge in [0.05, 0.1) is 21.6 Å². The van der Waals surface area contributed by atoms with Crippen LogP contribution in [-0.4, -0.2) is 50.0 Å². The van der Waals surface area contributed by atoms with Crippen molar-refractivity contribution in [1.29, 1.82) is 0 Å². The van der Waals surface area contributed by atoms with Gasteiger partial charge in [0.2, 0.25) is 0 Å². The van der Waals surface area contributed by atoms with Gasteiger partial charge in [-0.3, -0.25) is 4.79 Å². The van der Waals surface area contributed by atoms with Crippen LogP contribution in [0.15, 0.2) is 21.4 Å². The fourth-order valence-electron chi connectivity index (χ4n) is 1.95. The van der Waals surface area contributed by atoms with Crippen molar-refractivity contribution >= 4 is 39.1 Å². The summed E-state index contributed by atoms with van der Waals surface area (Å²) in [6, 6.07) is 1.78. The number of halogens is 1. The lowest BCUT2D eigenvalue weighted by Gasteiger charge is -2.38. The number of thiophene rings is 1. The summed E-state index contributed by atoms with van der Waals surface area (Å²) in [6.45, 7) is 1.02. The van der Waals surface area contributed by atoms with E-state index in [9.17, 15) is 9.59 Å². The third-order valence-corrected chi connectivity index (χ3v) is 4.57. The minimum Gasteiger partial charge on any atom is -0.476 e. The molecule has 7 nitrogen and oxygen atoms in total. The fourth-order valence-corrected chi connectivity index (χ4v) is 3.08. The fraction of sp³-hybridized carbons (Fsp3) is 0.273. The Kier molecular flexibility index (Phi) is 3.30. The van der Waals surface area contributed by atoms with E-state index in [0.717, 1.165) is 3.79 Å². The summed E-state index contributed by atoms with van der Waals surface area (Å²) in [5.74, 6) is -1.13. The summed E-state index contributed by atoms with van der Waals surface area (Å²) in [6.07, 6.45) is 1.38. The van der Waals surface area contributed by atoms with E-state index in [4.69, 9.17) is 5.11 Å². The number of hydrogen-bond acceptors (Lipinski definition) is 5. The quantitative estimate of drug-likeness (QED) is 0.899. The number of carboxylic acids is 1. The lowest BCUT2D eigenvalue weighted by Crippen LogP contribution is -2.50. The van der Waals surface area contributed by atoms with Gasteiger partial charge in [0.1, 0.15) is 0 Å². The number of carboxylic acid groups (broad SMARTS) is 1. The monoisotopic (exact) mass is 356 g/mol. The molecule has 0 atom stereocenters. The van der Waals surface area contributed by atoms with E-state index in [-0.39, 0.29) is 17.6 Å². The molecule has 2 aromatic heterocycles. The molecule has 1 aliphatic heterocycles. The van der Waals surface area contributed by atoms with Crippen molar-refractivity contribution in [2.75, 3.05) is 13.1 Å². The molecule has 9 heteroatoms. The summed E-state index contributed by atoms with van der Waals surface area (Å²) >= 11 is 4.79. The highest BCUT2D eigenvalue weighted by Crippen LogP contribution is 2.26. The van der Waals surface area contributed by atoms with Gasteiger partial charge in [0, 0.05) is 18.5 Å². The lowest BCUT2D eigenvalue weighted by molar-refractivity contribution is 0.0498. The molecule has 0 radical (unpaired) electrons. The van der Waals surface area contributed by atoms with Gasteiger partial charge in [0.25, 0.3) is 5.91 Å². The normalized spacial score (nSPS) is 15.2. The molecule has 20 heavy (non-hydrogen) atoms. The van der Waals surface area contributed by atoms with Crippen LogP contribution in [0.3, 0.4) is 0 Å². The molecule has 0 bridgehead atoms. The molecule has 0 aromatic carbocycles. The second-order valence-electron chi connectivity index (χ2n) is 4.39. The summed E-state index contributed by atoms with van der Waals surface area (Å²) in [5, 5.41) is 17.9. The summed E-state index contributed by atoms with van der Waals surface area (Å²) in [5.41, 5.74) is 0.571. The summed E-state index contributed by atoms with van der Waals surface area (Å²) < 4.78 is 2.41. The first-order valence-corrected chi connectivity index (χ1v) is 7.40. The van der Waals surface area contributed by atoms with Crippen LogP contribution in [0.5, 0.6) is 0 Å². The van der Waals surface area contributed by atoms with Crippen molar-refractivity contribution in [3.05, 3.63) is 32.7 Å². The lowest BCUT2D eigenvalue weighted by atomic mass is 10.1. The largest absolute Gasteiger partial charge is 0.476 e. The Labute approximate surface area is 125 Å². The standard InChI is InChI=1S/C11H9BrN4O3S/c12-9-1-6(5-20-9)10(17)15-2-7(3-15)16-4-8(11(18)19)13-14-16/h1,4-5,7H,2-3H2,(H,18,19). The zero-order chi connectivity index (χ0) is 14.3. The van der Waals surface area contributed by atoms with Crippen LogP contribution in [0.2, 0.25) is 0 Å². The maximum absolute atomic E-state index is 12.1. The Balaban J connectivity index is 1.63. The topological polar surface area (TPSA) is 88.3 Å². The molecular formula is C11H9BrN4O3S. The van der Waals surface area contributed by atoms with Crippen molar-refractivity contribution in [3.63, 3.8) is 0 Å². The van der Waals surface area contributed by atoms with Crippen LogP contribution in [0, 0.1) is 0 Å². The molecule has 1 amide bonds. The van der Waals surface area contributed by atoms with E-state index in [0.29, 0.717) is 18.7 Å². The smallest absolute Gasteiger partial charge is 0.358 e. The average Bonchev–Trinajstić information content (AvgIpc) is 2.96. The number of amides is 1. The zero-order valence-electron chi connectivity index (χ0n) is 10.1. The molecule has 2 aromatic rings. The molecule has 1 fully saturated rings. The SMILES string of the molecule is O=C(O)c1cn(C2CN(C(=O)c3csc(Br)c3)C2)nn1. The number of carbonyl (C=O) groups excluding carboxylic acids is 1. The molecule has 104 valence electrons. The molecule has 0 aliphatic carbocycles. The Morgan fingerprint density at radius 3 is 2.75 bits per heavy atom. The van der Waals surface area contributed by atoms with Crippen molar-refractivity contribution in [2.24, 2.45) is 0 Å². The van der Waals surface area contributed by atoms with Crippen molar-refractivity contribution in [2.45, 2.75) is 6.04 Å². The van der Waals surface area contributed by atoms with E-state index in [2.05, 4.69) is 26.2 Å². The van der Waals surface area contributed by atoms with Crippen LogP contribution < -0.4 is 0 Å². The molecular weight excluding hydrogens is 348 g/mol. The Morgan fingerprint density at radius 2 is 2.20 bits per heavy atom. The van der Waals surface area contributed by atoms with Crippen LogP contribution in [0.1, 0.15) is 26.9 Å². The first-order valence-electron chi connectivity index (χ1n) is 5.73. The number of nitrogens with zero attached hydrogens (tertiary/aromatic N) is 4. The average molecular weight is 357 g/mol. The molecule has 0 unspecified atom stereocenters. The van der Waals surface area contributed by atoms with E-state index in [1.807, 2.05) is 0 Å². The van der Waals surface area contributed by atoms with Crippen molar-refractivity contribution in [1.82, 2.24) is 19.9 Å². The van der Waals surface area contributed by atoms with E-state index >= 15 is 0 Å². The second-order valence-corrected chi connectivity index (χ2v) is 6.68. The highest BCUT2D eigenvalue weighted by molar-refractivity contribution is 9.11. The van der Waals surface area contributed by atoms with Crippen LogP contribution in [0.4, 0.5) is 0 Å².